The summed E-state index contributed by atoms with van der Waals surface area (Å²) in [7, 11) is 2.94. The van der Waals surface area contributed by atoms with Crippen molar-refractivity contribution in [3.8, 4) is 28.6 Å². The van der Waals surface area contributed by atoms with Crippen LogP contribution in [-0.2, 0) is 6.18 Å². The van der Waals surface area contributed by atoms with Gasteiger partial charge in [0.05, 0.1) is 31.2 Å². The van der Waals surface area contributed by atoms with Gasteiger partial charge in [0, 0.05) is 11.1 Å². The molecule has 0 spiro atoms. The summed E-state index contributed by atoms with van der Waals surface area (Å²) < 4.78 is 65.5. The highest BCUT2D eigenvalue weighted by atomic mass is 32.2. The Labute approximate surface area is 207 Å². The molecule has 11 heteroatoms. The van der Waals surface area contributed by atoms with E-state index in [1.165, 1.54) is 55.2 Å². The van der Waals surface area contributed by atoms with Crippen LogP contribution < -0.4 is 9.47 Å². The number of hydrogen-bond donors (Lipinski definition) is 0. The summed E-state index contributed by atoms with van der Waals surface area (Å²) >= 11 is 1.00. The number of Topliss-reactive ketones (excluding diaryl/α,β-unsaturated/α-hetero) is 1. The summed E-state index contributed by atoms with van der Waals surface area (Å²) in [6.45, 7) is 0. The molecule has 0 aliphatic carbocycles. The van der Waals surface area contributed by atoms with Gasteiger partial charge in [0.25, 0.3) is 0 Å². The third-order valence-corrected chi connectivity index (χ3v) is 6.13. The summed E-state index contributed by atoms with van der Waals surface area (Å²) in [5, 5.41) is 8.55. The first-order valence-electron chi connectivity index (χ1n) is 10.5. The van der Waals surface area contributed by atoms with E-state index in [0.29, 0.717) is 22.6 Å². The van der Waals surface area contributed by atoms with Crippen LogP contribution in [0.25, 0.3) is 17.1 Å². The van der Waals surface area contributed by atoms with Crippen LogP contribution >= 0.6 is 11.8 Å². The molecule has 0 fully saturated rings. The van der Waals surface area contributed by atoms with Crippen molar-refractivity contribution in [3.63, 3.8) is 0 Å². The fourth-order valence-electron chi connectivity index (χ4n) is 3.43. The molecule has 0 bridgehead atoms. The lowest BCUT2D eigenvalue weighted by Crippen LogP contribution is -2.08. The smallest absolute Gasteiger partial charge is 0.416 e. The van der Waals surface area contributed by atoms with Crippen molar-refractivity contribution in [2.45, 2.75) is 11.3 Å². The predicted octanol–water partition coefficient (Wildman–Crippen LogP) is 6.08. The summed E-state index contributed by atoms with van der Waals surface area (Å²) in [4.78, 5) is 12.6. The number of thioether (sulfide) groups is 1. The minimum atomic E-state index is -4.56. The number of alkyl halides is 3. The Morgan fingerprint density at radius 3 is 2.33 bits per heavy atom. The quantitative estimate of drug-likeness (QED) is 0.160. The van der Waals surface area contributed by atoms with Crippen LogP contribution in [0.3, 0.4) is 0 Å². The van der Waals surface area contributed by atoms with Crippen LogP contribution in [0.15, 0.2) is 71.9 Å². The summed E-state index contributed by atoms with van der Waals surface area (Å²) in [6.07, 6.45) is -4.56. The number of methoxy groups -OCH3 is 2. The second-order valence-electron chi connectivity index (χ2n) is 7.48. The molecule has 3 aromatic carbocycles. The molecule has 1 aromatic heterocycles. The normalized spacial score (nSPS) is 11.4. The molecule has 0 aliphatic rings. The van der Waals surface area contributed by atoms with E-state index in [1.807, 2.05) is 0 Å². The minimum absolute atomic E-state index is 0.0886. The zero-order valence-corrected chi connectivity index (χ0v) is 19.9. The summed E-state index contributed by atoms with van der Waals surface area (Å²) in [6, 6.07) is 14.8. The monoisotopic (exact) mass is 517 g/mol. The average Bonchev–Trinajstić information content (AvgIpc) is 3.30. The first-order valence-corrected chi connectivity index (χ1v) is 11.5. The minimum Gasteiger partial charge on any atom is -0.493 e. The van der Waals surface area contributed by atoms with Crippen molar-refractivity contribution in [1.82, 2.24) is 14.8 Å². The van der Waals surface area contributed by atoms with Gasteiger partial charge < -0.3 is 9.47 Å². The van der Waals surface area contributed by atoms with Gasteiger partial charge in [-0.05, 0) is 60.7 Å². The number of aromatic nitrogens is 3. The lowest BCUT2D eigenvalue weighted by molar-refractivity contribution is -0.137. The van der Waals surface area contributed by atoms with Gasteiger partial charge in [-0.15, -0.1) is 10.2 Å². The highest BCUT2D eigenvalue weighted by Crippen LogP contribution is 2.36. The van der Waals surface area contributed by atoms with Gasteiger partial charge >= 0.3 is 6.18 Å². The maximum Gasteiger partial charge on any atom is 0.416 e. The topological polar surface area (TPSA) is 66.2 Å². The molecule has 0 N–H and O–H groups in total. The van der Waals surface area contributed by atoms with Crippen molar-refractivity contribution >= 4 is 17.5 Å². The zero-order chi connectivity index (χ0) is 25.9. The number of halogens is 4. The van der Waals surface area contributed by atoms with Crippen molar-refractivity contribution in [2.24, 2.45) is 0 Å². The van der Waals surface area contributed by atoms with Crippen LogP contribution in [-0.4, -0.2) is 40.5 Å². The lowest BCUT2D eigenvalue weighted by Gasteiger charge is -2.14. The average molecular weight is 518 g/mol. The second-order valence-corrected chi connectivity index (χ2v) is 8.42. The highest BCUT2D eigenvalue weighted by molar-refractivity contribution is 7.99. The van der Waals surface area contributed by atoms with Gasteiger partial charge in [0.15, 0.2) is 28.3 Å². The van der Waals surface area contributed by atoms with Gasteiger partial charge in [-0.3, -0.25) is 9.36 Å². The number of benzene rings is 3. The Kier molecular flexibility index (Phi) is 7.30. The first kappa shape index (κ1) is 25.2. The molecule has 0 atom stereocenters. The van der Waals surface area contributed by atoms with Gasteiger partial charge in [-0.2, -0.15) is 13.2 Å². The van der Waals surface area contributed by atoms with Gasteiger partial charge in [-0.1, -0.05) is 17.8 Å². The highest BCUT2D eigenvalue weighted by Gasteiger charge is 2.31. The summed E-state index contributed by atoms with van der Waals surface area (Å²) in [5.74, 6) is 0.246. The fraction of sp³-hybridized carbons (Fsp3) is 0.160. The third-order valence-electron chi connectivity index (χ3n) is 5.21. The third kappa shape index (κ3) is 5.35. The van der Waals surface area contributed by atoms with E-state index >= 15 is 0 Å². The Balaban J connectivity index is 1.76. The maximum atomic E-state index is 13.4. The van der Waals surface area contributed by atoms with E-state index in [0.717, 1.165) is 23.9 Å². The SMILES string of the molecule is COc1ccc(-c2nnc(SCC(=O)c3ccc(F)cc3)n2-c2cccc(C(F)(F)F)c2)cc1OC. The van der Waals surface area contributed by atoms with E-state index in [2.05, 4.69) is 10.2 Å². The number of nitrogens with zero attached hydrogens (tertiary/aromatic N) is 3. The van der Waals surface area contributed by atoms with Crippen LogP contribution in [0.1, 0.15) is 15.9 Å². The fourth-order valence-corrected chi connectivity index (χ4v) is 4.28. The number of hydrogen-bond acceptors (Lipinski definition) is 6. The molecule has 0 saturated carbocycles. The van der Waals surface area contributed by atoms with Crippen LogP contribution in [0.4, 0.5) is 17.6 Å². The molecule has 0 radical (unpaired) electrons. The molecule has 4 aromatic rings. The molecule has 186 valence electrons. The van der Waals surface area contributed by atoms with Crippen molar-refractivity contribution in [2.75, 3.05) is 20.0 Å². The molecular weight excluding hydrogens is 498 g/mol. The Hall–Kier alpha value is -3.86. The van der Waals surface area contributed by atoms with Crippen molar-refractivity contribution in [1.29, 1.82) is 0 Å². The van der Waals surface area contributed by atoms with E-state index < -0.39 is 17.6 Å². The van der Waals surface area contributed by atoms with Crippen molar-refractivity contribution < 1.29 is 31.8 Å². The molecule has 1 heterocycles. The summed E-state index contributed by atoms with van der Waals surface area (Å²) in [5.41, 5.74) is 0.130. The van der Waals surface area contributed by atoms with Gasteiger partial charge in [-0.25, -0.2) is 4.39 Å². The van der Waals surface area contributed by atoms with Crippen LogP contribution in [0.2, 0.25) is 0 Å². The molecule has 4 rings (SSSR count). The molecule has 6 nitrogen and oxygen atoms in total. The molecular formula is C25H19F4N3O3S. The molecule has 0 saturated heterocycles. The number of rotatable bonds is 8. The largest absolute Gasteiger partial charge is 0.493 e. The second kappa shape index (κ2) is 10.4. The van der Waals surface area contributed by atoms with Crippen molar-refractivity contribution in [3.05, 3.63) is 83.7 Å². The lowest BCUT2D eigenvalue weighted by atomic mass is 10.1. The van der Waals surface area contributed by atoms with Crippen LogP contribution in [0, 0.1) is 5.82 Å². The van der Waals surface area contributed by atoms with E-state index in [1.54, 1.807) is 18.2 Å². The Morgan fingerprint density at radius 1 is 0.944 bits per heavy atom. The zero-order valence-electron chi connectivity index (χ0n) is 19.0. The molecule has 0 aliphatic heterocycles. The van der Waals surface area contributed by atoms with E-state index in [4.69, 9.17) is 9.47 Å². The van der Waals surface area contributed by atoms with E-state index in [9.17, 15) is 22.4 Å². The Morgan fingerprint density at radius 2 is 1.67 bits per heavy atom. The maximum absolute atomic E-state index is 13.4. The molecule has 0 amide bonds. The van der Waals surface area contributed by atoms with Gasteiger partial charge in [0.1, 0.15) is 5.82 Å². The number of ketones is 1. The predicted molar refractivity (Wildman–Crippen MR) is 126 cm³/mol. The molecule has 0 unspecified atom stereocenters. The Bertz CT molecular complexity index is 1390. The number of carbonyl (C=O) groups is 1. The number of carbonyl (C=O) groups excluding carboxylic acids is 1. The van der Waals surface area contributed by atoms with E-state index in [-0.39, 0.29) is 28.2 Å². The number of ether oxygens (including phenoxy) is 2. The standard InChI is InChI=1S/C25H19F4N3O3S/c1-34-21-11-8-16(12-22(21)35-2)23-30-31-24(36-14-20(33)15-6-9-18(26)10-7-15)32(23)19-5-3-4-17(13-19)25(27,28)29/h3-13H,14H2,1-2H3. The molecule has 36 heavy (non-hydrogen) atoms. The first-order chi connectivity index (χ1) is 17.2. The van der Waals surface area contributed by atoms with Gasteiger partial charge in [0.2, 0.25) is 0 Å². The van der Waals surface area contributed by atoms with Crippen LogP contribution in [0.5, 0.6) is 11.5 Å².